The largest absolute Gasteiger partial charge is 0.342 e. The molecule has 0 unspecified atom stereocenters. The van der Waals surface area contributed by atoms with Crippen LogP contribution in [0.2, 0.25) is 10.3 Å². The van der Waals surface area contributed by atoms with Gasteiger partial charge >= 0.3 is 12.1 Å². The van der Waals surface area contributed by atoms with Gasteiger partial charge in [-0.1, -0.05) is 47.8 Å². The second-order valence-electron chi connectivity index (χ2n) is 12.8. The summed E-state index contributed by atoms with van der Waals surface area (Å²) in [5, 5.41) is 8.62. The zero-order valence-corrected chi connectivity index (χ0v) is 27.9. The van der Waals surface area contributed by atoms with Crippen LogP contribution in [0.15, 0.2) is 36.4 Å². The fourth-order valence-corrected chi connectivity index (χ4v) is 7.73. The number of amides is 6. The highest BCUT2D eigenvalue weighted by Gasteiger charge is 2.36. The summed E-state index contributed by atoms with van der Waals surface area (Å²) in [4.78, 5) is 65.3. The zero-order valence-electron chi connectivity index (χ0n) is 26.4. The summed E-state index contributed by atoms with van der Waals surface area (Å²) < 4.78 is 0. The highest BCUT2D eigenvalue weighted by atomic mass is 35.5. The molecule has 5 heterocycles. The Morgan fingerprint density at radius 2 is 1.51 bits per heavy atom. The number of rotatable bonds is 7. The Bertz CT molecular complexity index is 1450. The van der Waals surface area contributed by atoms with Crippen LogP contribution in [0.3, 0.4) is 0 Å². The number of piperidine rings is 3. The van der Waals surface area contributed by atoms with Gasteiger partial charge in [-0.25, -0.2) is 14.6 Å². The smallest absolute Gasteiger partial charge is 0.322 e. The minimum Gasteiger partial charge on any atom is -0.342 e. The van der Waals surface area contributed by atoms with E-state index in [4.69, 9.17) is 23.2 Å². The Balaban J connectivity index is 1.08. The minimum atomic E-state index is -1.05. The maximum atomic E-state index is 13.9. The third-order valence-corrected chi connectivity index (χ3v) is 10.2. The Hall–Kier alpha value is -3.61. The molecule has 3 fully saturated rings. The van der Waals surface area contributed by atoms with Crippen LogP contribution >= 0.6 is 23.2 Å². The van der Waals surface area contributed by atoms with E-state index in [1.165, 1.54) is 31.4 Å². The van der Waals surface area contributed by atoms with Crippen LogP contribution in [0.5, 0.6) is 0 Å². The van der Waals surface area contributed by atoms with E-state index in [2.05, 4.69) is 25.8 Å². The predicted molar refractivity (Wildman–Crippen MR) is 180 cm³/mol. The van der Waals surface area contributed by atoms with Crippen molar-refractivity contribution in [3.05, 3.63) is 52.3 Å². The van der Waals surface area contributed by atoms with E-state index < -0.39 is 12.1 Å². The number of para-hydroxylation sites is 1. The summed E-state index contributed by atoms with van der Waals surface area (Å²) in [7, 11) is 0. The number of fused-ring (bicyclic) bond motifs is 1. The Morgan fingerprint density at radius 3 is 2.21 bits per heavy atom. The number of hydrogen-bond acceptors (Lipinski definition) is 6. The maximum Gasteiger partial charge on any atom is 0.322 e. The Kier molecular flexibility index (Phi) is 10.7. The topological polar surface area (TPSA) is 130 Å². The molecule has 252 valence electrons. The van der Waals surface area contributed by atoms with E-state index in [9.17, 15) is 19.2 Å². The van der Waals surface area contributed by atoms with Crippen LogP contribution in [0.4, 0.5) is 21.0 Å². The van der Waals surface area contributed by atoms with Crippen LogP contribution < -0.4 is 16.0 Å². The SMILES string of the molecule is O=C(Nc1cc(Cl)nc(Cl)c1)N[C@@H](CC(=O)N1CCC(N2Cc3ccccc3NC2=O)CC1)C(=O)N1CCC(N2CCCCC2)CC1. The molecule has 0 aliphatic carbocycles. The minimum absolute atomic E-state index is 0.00560. The summed E-state index contributed by atoms with van der Waals surface area (Å²) in [5.41, 5.74) is 2.21. The number of pyridine rings is 1. The molecule has 14 heteroatoms. The van der Waals surface area contributed by atoms with Crippen molar-refractivity contribution in [1.29, 1.82) is 0 Å². The molecule has 3 saturated heterocycles. The lowest BCUT2D eigenvalue weighted by molar-refractivity contribution is -0.140. The highest BCUT2D eigenvalue weighted by molar-refractivity contribution is 6.33. The number of aromatic nitrogens is 1. The van der Waals surface area contributed by atoms with E-state index in [1.54, 1.807) is 9.80 Å². The number of hydrogen-bond donors (Lipinski definition) is 3. The summed E-state index contributed by atoms with van der Waals surface area (Å²) >= 11 is 12.0. The third-order valence-electron chi connectivity index (χ3n) is 9.80. The van der Waals surface area contributed by atoms with Crippen LogP contribution in [0.1, 0.15) is 56.9 Å². The number of carbonyl (C=O) groups excluding carboxylic acids is 4. The second-order valence-corrected chi connectivity index (χ2v) is 13.6. The van der Waals surface area contributed by atoms with Gasteiger partial charge in [0.2, 0.25) is 11.8 Å². The molecule has 0 bridgehead atoms. The second kappa shape index (κ2) is 15.1. The fraction of sp³-hybridized carbons (Fsp3) is 0.545. The maximum absolute atomic E-state index is 13.9. The van der Waals surface area contributed by atoms with Gasteiger partial charge in [0, 0.05) is 56.2 Å². The van der Waals surface area contributed by atoms with Gasteiger partial charge in [-0.05, 0) is 75.4 Å². The molecule has 0 spiro atoms. The summed E-state index contributed by atoms with van der Waals surface area (Å²) in [6.45, 7) is 4.80. The molecular weight excluding hydrogens is 643 g/mol. The molecule has 4 aliphatic rings. The molecule has 6 amide bonds. The van der Waals surface area contributed by atoms with Crippen molar-refractivity contribution in [2.24, 2.45) is 0 Å². The first-order valence-electron chi connectivity index (χ1n) is 16.6. The van der Waals surface area contributed by atoms with Crippen LogP contribution in [-0.4, -0.2) is 106 Å². The van der Waals surface area contributed by atoms with Gasteiger partial charge in [-0.2, -0.15) is 0 Å². The predicted octanol–water partition coefficient (Wildman–Crippen LogP) is 4.78. The van der Waals surface area contributed by atoms with Gasteiger partial charge in [0.05, 0.1) is 6.42 Å². The van der Waals surface area contributed by atoms with Gasteiger partial charge in [0.25, 0.3) is 0 Å². The summed E-state index contributed by atoms with van der Waals surface area (Å²) in [6, 6.07) is 9.29. The van der Waals surface area contributed by atoms with Crippen molar-refractivity contribution < 1.29 is 19.2 Å². The van der Waals surface area contributed by atoms with E-state index in [0.717, 1.165) is 37.2 Å². The third kappa shape index (κ3) is 8.28. The molecular formula is C33H42Cl2N8O4. The van der Waals surface area contributed by atoms with Crippen molar-refractivity contribution in [3.63, 3.8) is 0 Å². The van der Waals surface area contributed by atoms with Gasteiger partial charge < -0.3 is 35.6 Å². The zero-order chi connectivity index (χ0) is 32.9. The molecule has 3 N–H and O–H groups in total. The summed E-state index contributed by atoms with van der Waals surface area (Å²) in [5.74, 6) is -0.483. The lowest BCUT2D eigenvalue weighted by Gasteiger charge is -2.41. The van der Waals surface area contributed by atoms with E-state index in [0.29, 0.717) is 57.3 Å². The number of benzene rings is 1. The number of nitrogens with one attached hydrogen (secondary N) is 3. The molecule has 47 heavy (non-hydrogen) atoms. The Labute approximate surface area is 285 Å². The molecule has 4 aliphatic heterocycles. The number of urea groups is 2. The number of carbonyl (C=O) groups is 4. The van der Waals surface area contributed by atoms with Gasteiger partial charge in [-0.15, -0.1) is 0 Å². The average molecular weight is 686 g/mol. The van der Waals surface area contributed by atoms with E-state index in [1.807, 2.05) is 29.2 Å². The first-order valence-corrected chi connectivity index (χ1v) is 17.4. The van der Waals surface area contributed by atoms with Crippen molar-refractivity contribution in [2.45, 2.75) is 76.0 Å². The van der Waals surface area contributed by atoms with Crippen molar-refractivity contribution in [3.8, 4) is 0 Å². The van der Waals surface area contributed by atoms with Crippen LogP contribution in [0.25, 0.3) is 0 Å². The number of likely N-dealkylation sites (tertiary alicyclic amines) is 3. The highest BCUT2D eigenvalue weighted by Crippen LogP contribution is 2.28. The van der Waals surface area contributed by atoms with Gasteiger partial charge in [0.15, 0.2) is 0 Å². The lowest BCUT2D eigenvalue weighted by Crippen LogP contribution is -2.56. The molecule has 0 saturated carbocycles. The van der Waals surface area contributed by atoms with E-state index >= 15 is 0 Å². The van der Waals surface area contributed by atoms with Gasteiger partial charge in [0.1, 0.15) is 16.3 Å². The van der Waals surface area contributed by atoms with Crippen LogP contribution in [0, 0.1) is 0 Å². The lowest BCUT2D eigenvalue weighted by atomic mass is 9.98. The van der Waals surface area contributed by atoms with Gasteiger partial charge in [-0.3, -0.25) is 9.59 Å². The molecule has 12 nitrogen and oxygen atoms in total. The average Bonchev–Trinajstić information content (AvgIpc) is 3.07. The first-order chi connectivity index (χ1) is 22.7. The molecule has 0 radical (unpaired) electrons. The number of nitrogens with zero attached hydrogens (tertiary/aromatic N) is 5. The monoisotopic (exact) mass is 684 g/mol. The fourth-order valence-electron chi connectivity index (χ4n) is 7.27. The Morgan fingerprint density at radius 1 is 0.872 bits per heavy atom. The van der Waals surface area contributed by atoms with Crippen LogP contribution in [-0.2, 0) is 16.1 Å². The molecule has 1 atom stereocenters. The van der Waals surface area contributed by atoms with Crippen molar-refractivity contribution in [2.75, 3.05) is 49.9 Å². The molecule has 6 rings (SSSR count). The van der Waals surface area contributed by atoms with E-state index in [-0.39, 0.29) is 40.6 Å². The van der Waals surface area contributed by atoms with Crippen molar-refractivity contribution in [1.82, 2.24) is 29.9 Å². The standard InChI is InChI=1S/C33H42Cl2N8O4/c34-28-18-23(19-29(35)39-28)36-32(46)37-27(31(45)42-16-8-24(9-17-42)40-12-4-1-5-13-40)20-30(44)41-14-10-25(11-15-41)43-21-22-6-2-3-7-26(22)38-33(43)47/h2-3,6-7,18-19,24-25,27H,1,4-5,8-17,20-21H2,(H,38,47)(H2,36,37,39,46)/t27-/m0/s1. The molecule has 2 aromatic rings. The number of anilines is 2. The first kappa shape index (κ1) is 33.3. The normalized spacial score (nSPS) is 20.3. The quantitative estimate of drug-likeness (QED) is 0.360. The molecule has 1 aromatic heterocycles. The summed E-state index contributed by atoms with van der Waals surface area (Å²) in [6.07, 6.45) is 6.53. The molecule has 1 aromatic carbocycles. The van der Waals surface area contributed by atoms with Crippen molar-refractivity contribution >= 4 is 58.5 Å². The number of halogens is 2.